The van der Waals surface area contributed by atoms with E-state index in [4.69, 9.17) is 9.84 Å². The lowest BCUT2D eigenvalue weighted by atomic mass is 9.84. The van der Waals surface area contributed by atoms with E-state index in [1.807, 2.05) is 31.2 Å². The van der Waals surface area contributed by atoms with Crippen molar-refractivity contribution in [3.63, 3.8) is 0 Å². The molecule has 0 radical (unpaired) electrons. The average Bonchev–Trinajstić information content (AvgIpc) is 3.40. The molecule has 6 heteroatoms. The second kappa shape index (κ2) is 8.08. The zero-order valence-electron chi connectivity index (χ0n) is 15.5. The van der Waals surface area contributed by atoms with Crippen molar-refractivity contribution < 1.29 is 19.4 Å². The summed E-state index contributed by atoms with van der Waals surface area (Å²) >= 11 is 0. The number of benzene rings is 1. The van der Waals surface area contributed by atoms with Gasteiger partial charge in [0.2, 0.25) is 5.91 Å². The first-order chi connectivity index (χ1) is 12.5. The Kier molecular flexibility index (Phi) is 5.81. The van der Waals surface area contributed by atoms with E-state index in [2.05, 4.69) is 10.2 Å². The van der Waals surface area contributed by atoms with Gasteiger partial charge in [-0.1, -0.05) is 12.1 Å². The van der Waals surface area contributed by atoms with E-state index in [1.54, 1.807) is 7.11 Å². The highest BCUT2D eigenvalue weighted by atomic mass is 16.5. The number of nitrogens with one attached hydrogen (secondary N) is 1. The van der Waals surface area contributed by atoms with Crippen molar-refractivity contribution in [2.45, 2.75) is 50.6 Å². The number of rotatable bonds is 9. The van der Waals surface area contributed by atoms with E-state index >= 15 is 0 Å². The fourth-order valence-electron chi connectivity index (χ4n) is 3.52. The number of carboxylic acid groups (broad SMARTS) is 1. The van der Waals surface area contributed by atoms with Gasteiger partial charge in [0, 0.05) is 18.6 Å². The lowest BCUT2D eigenvalue weighted by molar-refractivity contribution is -0.140. The molecule has 0 aromatic heterocycles. The first kappa shape index (κ1) is 18.7. The summed E-state index contributed by atoms with van der Waals surface area (Å²) in [5, 5.41) is 12.2. The molecule has 3 rings (SSSR count). The summed E-state index contributed by atoms with van der Waals surface area (Å²) in [5.74, 6) is 0.467. The van der Waals surface area contributed by atoms with Crippen LogP contribution in [0.25, 0.3) is 0 Å². The van der Waals surface area contributed by atoms with Crippen LogP contribution in [0.4, 0.5) is 0 Å². The Bertz CT molecular complexity index is 636. The van der Waals surface area contributed by atoms with Gasteiger partial charge in [-0.3, -0.25) is 14.5 Å². The van der Waals surface area contributed by atoms with Crippen molar-refractivity contribution in [3.05, 3.63) is 29.8 Å². The van der Waals surface area contributed by atoms with Crippen molar-refractivity contribution in [2.75, 3.05) is 20.2 Å². The highest BCUT2D eigenvalue weighted by Gasteiger charge is 2.38. The molecule has 2 aliphatic carbocycles. The van der Waals surface area contributed by atoms with Crippen LogP contribution in [0.1, 0.15) is 44.1 Å². The molecule has 1 aromatic rings. The molecule has 1 amide bonds. The molecule has 2 aliphatic rings. The summed E-state index contributed by atoms with van der Waals surface area (Å²) in [5.41, 5.74) is 0.959. The van der Waals surface area contributed by atoms with Crippen molar-refractivity contribution in [2.24, 2.45) is 5.92 Å². The topological polar surface area (TPSA) is 78.9 Å². The number of carbonyl (C=O) groups excluding carboxylic acids is 1. The average molecular weight is 360 g/mol. The van der Waals surface area contributed by atoms with Crippen molar-refractivity contribution in [3.8, 4) is 5.75 Å². The number of methoxy groups -OCH3 is 1. The largest absolute Gasteiger partial charge is 0.497 e. The Morgan fingerprint density at radius 1 is 1.27 bits per heavy atom. The number of carboxylic acids is 1. The lowest BCUT2D eigenvalue weighted by Gasteiger charge is -2.43. The van der Waals surface area contributed by atoms with Gasteiger partial charge >= 0.3 is 5.97 Å². The Labute approximate surface area is 154 Å². The maximum Gasteiger partial charge on any atom is 0.317 e. The molecule has 1 unspecified atom stereocenters. The number of amides is 1. The number of nitrogens with zero attached hydrogens (tertiary/aromatic N) is 1. The minimum atomic E-state index is -0.772. The summed E-state index contributed by atoms with van der Waals surface area (Å²) in [6, 6.07) is 7.96. The van der Waals surface area contributed by atoms with Crippen molar-refractivity contribution in [1.29, 1.82) is 0 Å². The van der Waals surface area contributed by atoms with Gasteiger partial charge in [0.1, 0.15) is 5.75 Å². The minimum Gasteiger partial charge on any atom is -0.497 e. The van der Waals surface area contributed by atoms with Crippen molar-refractivity contribution in [1.82, 2.24) is 10.2 Å². The smallest absolute Gasteiger partial charge is 0.317 e. The Hall–Kier alpha value is -2.08. The second-order valence-electron chi connectivity index (χ2n) is 7.59. The minimum absolute atomic E-state index is 0.0191. The third-order valence-electron chi connectivity index (χ3n) is 5.51. The fourth-order valence-corrected chi connectivity index (χ4v) is 3.52. The second-order valence-corrected chi connectivity index (χ2v) is 7.59. The standard InChI is InChI=1S/C20H28N2O4/c1-13(15-5-7-18(26-2)8-6-15)20(25)21-16-9-17(10-16)22(12-19(23)24)11-14-3-4-14/h5-8,13-14,16-17H,3-4,9-12H2,1-2H3,(H,21,25)(H,23,24). The highest BCUT2D eigenvalue weighted by Crippen LogP contribution is 2.34. The highest BCUT2D eigenvalue weighted by molar-refractivity contribution is 5.83. The van der Waals surface area contributed by atoms with E-state index < -0.39 is 5.97 Å². The molecule has 0 spiro atoms. The fraction of sp³-hybridized carbons (Fsp3) is 0.600. The third-order valence-corrected chi connectivity index (χ3v) is 5.51. The SMILES string of the molecule is COc1ccc(C(C)C(=O)NC2CC(N(CC(=O)O)CC3CC3)C2)cc1. The summed E-state index contributed by atoms with van der Waals surface area (Å²) in [6.45, 7) is 2.88. The van der Waals surface area contributed by atoms with Crippen LogP contribution >= 0.6 is 0 Å². The van der Waals surface area contributed by atoms with Crippen molar-refractivity contribution >= 4 is 11.9 Å². The lowest BCUT2D eigenvalue weighted by Crippen LogP contribution is -2.55. The molecule has 6 nitrogen and oxygen atoms in total. The van der Waals surface area contributed by atoms with Crippen LogP contribution in [0.5, 0.6) is 5.75 Å². The van der Waals surface area contributed by atoms with E-state index in [0.717, 1.165) is 30.7 Å². The van der Waals surface area contributed by atoms with Crippen LogP contribution in [0.3, 0.4) is 0 Å². The van der Waals surface area contributed by atoms with E-state index in [-0.39, 0.29) is 30.5 Å². The van der Waals surface area contributed by atoms with E-state index in [0.29, 0.717) is 5.92 Å². The van der Waals surface area contributed by atoms with Gasteiger partial charge < -0.3 is 15.2 Å². The molecule has 0 aliphatic heterocycles. The van der Waals surface area contributed by atoms with Gasteiger partial charge in [-0.2, -0.15) is 0 Å². The van der Waals surface area contributed by atoms with Crippen LogP contribution in [0.2, 0.25) is 0 Å². The quantitative estimate of drug-likeness (QED) is 0.706. The molecule has 0 heterocycles. The molecule has 1 atom stereocenters. The van der Waals surface area contributed by atoms with Crippen LogP contribution in [-0.2, 0) is 9.59 Å². The van der Waals surface area contributed by atoms with Crippen LogP contribution in [0, 0.1) is 5.92 Å². The van der Waals surface area contributed by atoms with E-state index in [1.165, 1.54) is 12.8 Å². The normalized spacial score (nSPS) is 23.2. The molecule has 0 saturated heterocycles. The number of hydrogen-bond acceptors (Lipinski definition) is 4. The number of aliphatic carboxylic acids is 1. The first-order valence-corrected chi connectivity index (χ1v) is 9.36. The Morgan fingerprint density at radius 2 is 1.92 bits per heavy atom. The predicted molar refractivity (Wildman–Crippen MR) is 98.3 cm³/mol. The molecule has 142 valence electrons. The number of carbonyl (C=O) groups is 2. The molecule has 2 fully saturated rings. The molecule has 2 N–H and O–H groups in total. The monoisotopic (exact) mass is 360 g/mol. The molecular weight excluding hydrogens is 332 g/mol. The van der Waals surface area contributed by atoms with Crippen LogP contribution < -0.4 is 10.1 Å². The zero-order chi connectivity index (χ0) is 18.7. The maximum absolute atomic E-state index is 12.5. The van der Waals surface area contributed by atoms with Gasteiger partial charge in [0.15, 0.2) is 0 Å². The van der Waals surface area contributed by atoms with Gasteiger partial charge in [0.25, 0.3) is 0 Å². The molecule has 0 bridgehead atoms. The van der Waals surface area contributed by atoms with Crippen LogP contribution in [0.15, 0.2) is 24.3 Å². The third kappa shape index (κ3) is 4.75. The van der Waals surface area contributed by atoms with Crippen LogP contribution in [-0.4, -0.2) is 54.2 Å². The predicted octanol–water partition coefficient (Wildman–Crippen LogP) is 2.24. The molecule has 1 aromatic carbocycles. The maximum atomic E-state index is 12.5. The first-order valence-electron chi connectivity index (χ1n) is 9.36. The van der Waals surface area contributed by atoms with Gasteiger partial charge in [0.05, 0.1) is 19.6 Å². The Morgan fingerprint density at radius 3 is 2.46 bits per heavy atom. The summed E-state index contributed by atoms with van der Waals surface area (Å²) < 4.78 is 5.15. The molecule has 26 heavy (non-hydrogen) atoms. The van der Waals surface area contributed by atoms with E-state index in [9.17, 15) is 9.59 Å². The van der Waals surface area contributed by atoms with Gasteiger partial charge in [-0.05, 0) is 56.2 Å². The summed E-state index contributed by atoms with van der Waals surface area (Å²) in [4.78, 5) is 25.7. The number of ether oxygens (including phenoxy) is 1. The number of hydrogen-bond donors (Lipinski definition) is 2. The molecule has 2 saturated carbocycles. The van der Waals surface area contributed by atoms with Gasteiger partial charge in [-0.25, -0.2) is 0 Å². The summed E-state index contributed by atoms with van der Waals surface area (Å²) in [7, 11) is 1.62. The Balaban J connectivity index is 1.47. The molecular formula is C20H28N2O4. The zero-order valence-corrected chi connectivity index (χ0v) is 15.5. The van der Waals surface area contributed by atoms with Gasteiger partial charge in [-0.15, -0.1) is 0 Å². The summed E-state index contributed by atoms with van der Waals surface area (Å²) in [6.07, 6.45) is 4.09.